The highest BCUT2D eigenvalue weighted by molar-refractivity contribution is 5.64. The molecule has 0 aromatic heterocycles. The Morgan fingerprint density at radius 3 is 2.71 bits per heavy atom. The number of hydrogen-bond donors (Lipinski definition) is 1. The first-order chi connectivity index (χ1) is 8.04. The Morgan fingerprint density at radius 2 is 2.18 bits per heavy atom. The Labute approximate surface area is 102 Å². The zero-order valence-electron chi connectivity index (χ0n) is 10.6. The molecule has 1 aromatic rings. The minimum atomic E-state index is -0.896. The summed E-state index contributed by atoms with van der Waals surface area (Å²) < 4.78 is 5.45. The highest BCUT2D eigenvalue weighted by Crippen LogP contribution is 2.19. The van der Waals surface area contributed by atoms with Crippen molar-refractivity contribution < 1.29 is 14.6 Å². The predicted octanol–water partition coefficient (Wildman–Crippen LogP) is 2.55. The van der Waals surface area contributed by atoms with E-state index in [1.54, 1.807) is 7.05 Å². The Morgan fingerprint density at radius 1 is 1.47 bits per heavy atom. The second-order valence-electron chi connectivity index (χ2n) is 3.99. The smallest absolute Gasteiger partial charge is 0.407 e. The number of rotatable bonds is 5. The second-order valence-corrected chi connectivity index (χ2v) is 3.99. The van der Waals surface area contributed by atoms with Crippen molar-refractivity contribution in [2.75, 3.05) is 20.2 Å². The summed E-state index contributed by atoms with van der Waals surface area (Å²) in [5, 5.41) is 8.73. The fourth-order valence-electron chi connectivity index (χ4n) is 1.58. The number of amides is 1. The average molecular weight is 237 g/mol. The number of likely N-dealkylation sites (N-methyl/N-ethyl adjacent to an activating group) is 1. The number of ether oxygens (including phenoxy) is 1. The van der Waals surface area contributed by atoms with Gasteiger partial charge in [-0.2, -0.15) is 0 Å². The van der Waals surface area contributed by atoms with Crippen LogP contribution in [0.1, 0.15) is 18.1 Å². The molecule has 0 bridgehead atoms. The van der Waals surface area contributed by atoms with Crippen LogP contribution >= 0.6 is 0 Å². The van der Waals surface area contributed by atoms with E-state index >= 15 is 0 Å². The van der Waals surface area contributed by atoms with E-state index in [0.717, 1.165) is 23.3 Å². The largest absolute Gasteiger partial charge is 0.494 e. The highest BCUT2D eigenvalue weighted by atomic mass is 16.5. The maximum Gasteiger partial charge on any atom is 0.407 e. The van der Waals surface area contributed by atoms with Gasteiger partial charge in [-0.3, -0.25) is 0 Å². The molecular weight excluding hydrogens is 218 g/mol. The van der Waals surface area contributed by atoms with Crippen LogP contribution in [0.3, 0.4) is 0 Å². The Balaban J connectivity index is 2.61. The van der Waals surface area contributed by atoms with E-state index in [4.69, 9.17) is 9.84 Å². The first-order valence-electron chi connectivity index (χ1n) is 5.71. The van der Waals surface area contributed by atoms with Crippen LogP contribution in [0.25, 0.3) is 0 Å². The zero-order valence-corrected chi connectivity index (χ0v) is 10.6. The van der Waals surface area contributed by atoms with Crippen molar-refractivity contribution in [3.8, 4) is 5.75 Å². The summed E-state index contributed by atoms with van der Waals surface area (Å²) in [6, 6.07) is 5.96. The van der Waals surface area contributed by atoms with Gasteiger partial charge in [-0.05, 0) is 37.5 Å². The van der Waals surface area contributed by atoms with Gasteiger partial charge in [0, 0.05) is 13.6 Å². The first kappa shape index (κ1) is 13.4. The van der Waals surface area contributed by atoms with E-state index in [1.165, 1.54) is 4.90 Å². The molecule has 0 atom stereocenters. The van der Waals surface area contributed by atoms with E-state index in [9.17, 15) is 4.79 Å². The molecule has 0 aliphatic carbocycles. The third kappa shape index (κ3) is 3.98. The molecule has 1 N–H and O–H groups in total. The zero-order chi connectivity index (χ0) is 12.8. The van der Waals surface area contributed by atoms with E-state index in [1.807, 2.05) is 32.0 Å². The monoisotopic (exact) mass is 237 g/mol. The van der Waals surface area contributed by atoms with Crippen molar-refractivity contribution in [1.29, 1.82) is 0 Å². The molecule has 1 rings (SSSR count). The number of nitrogens with zero attached hydrogens (tertiary/aromatic N) is 1. The Hall–Kier alpha value is -1.71. The van der Waals surface area contributed by atoms with Gasteiger partial charge in [-0.1, -0.05) is 12.1 Å². The van der Waals surface area contributed by atoms with Crippen molar-refractivity contribution in [1.82, 2.24) is 4.90 Å². The molecule has 0 aliphatic heterocycles. The first-order valence-corrected chi connectivity index (χ1v) is 5.71. The van der Waals surface area contributed by atoms with Crippen molar-refractivity contribution in [2.24, 2.45) is 0 Å². The topological polar surface area (TPSA) is 49.8 Å². The van der Waals surface area contributed by atoms with Crippen molar-refractivity contribution in [3.05, 3.63) is 29.3 Å². The molecule has 4 nitrogen and oxygen atoms in total. The maximum atomic E-state index is 10.6. The fraction of sp³-hybridized carbons (Fsp3) is 0.462. The quantitative estimate of drug-likeness (QED) is 0.856. The minimum Gasteiger partial charge on any atom is -0.494 e. The fourth-order valence-corrected chi connectivity index (χ4v) is 1.58. The minimum absolute atomic E-state index is 0.503. The molecule has 0 radical (unpaired) electrons. The second kappa shape index (κ2) is 6.13. The van der Waals surface area contributed by atoms with Crippen molar-refractivity contribution in [2.45, 2.75) is 20.3 Å². The number of hydrogen-bond acceptors (Lipinski definition) is 2. The Kier molecular flexibility index (Phi) is 4.82. The van der Waals surface area contributed by atoms with Gasteiger partial charge < -0.3 is 14.7 Å². The molecule has 0 saturated carbocycles. The lowest BCUT2D eigenvalue weighted by molar-refractivity contribution is 0.156. The summed E-state index contributed by atoms with van der Waals surface area (Å²) in [6.45, 7) is 5.11. The van der Waals surface area contributed by atoms with Crippen LogP contribution in [0.5, 0.6) is 5.75 Å². The number of aryl methyl sites for hydroxylation is 1. The van der Waals surface area contributed by atoms with E-state index in [0.29, 0.717) is 13.2 Å². The number of benzene rings is 1. The van der Waals surface area contributed by atoms with Crippen LogP contribution in [0.4, 0.5) is 4.79 Å². The summed E-state index contributed by atoms with van der Waals surface area (Å²) in [6.07, 6.45) is -0.177. The molecule has 94 valence electrons. The van der Waals surface area contributed by atoms with Gasteiger partial charge in [0.15, 0.2) is 0 Å². The number of carbonyl (C=O) groups is 1. The SMILES string of the molecule is CCOc1ccc(CCN(C)C(=O)O)cc1C. The van der Waals surface area contributed by atoms with E-state index < -0.39 is 6.09 Å². The van der Waals surface area contributed by atoms with Gasteiger partial charge >= 0.3 is 6.09 Å². The van der Waals surface area contributed by atoms with Gasteiger partial charge in [0.1, 0.15) is 5.75 Å². The molecule has 0 spiro atoms. The third-order valence-electron chi connectivity index (χ3n) is 2.60. The molecule has 0 aliphatic rings. The summed E-state index contributed by atoms with van der Waals surface area (Å²) in [5.41, 5.74) is 2.21. The summed E-state index contributed by atoms with van der Waals surface area (Å²) >= 11 is 0. The predicted molar refractivity (Wildman–Crippen MR) is 66.7 cm³/mol. The normalized spacial score (nSPS) is 10.1. The number of carboxylic acid groups (broad SMARTS) is 1. The van der Waals surface area contributed by atoms with E-state index in [-0.39, 0.29) is 0 Å². The molecule has 17 heavy (non-hydrogen) atoms. The molecule has 0 saturated heterocycles. The lowest BCUT2D eigenvalue weighted by Crippen LogP contribution is -2.26. The molecule has 0 heterocycles. The standard InChI is InChI=1S/C13H19NO3/c1-4-17-12-6-5-11(9-10(12)2)7-8-14(3)13(15)16/h5-6,9H,4,7-8H2,1-3H3,(H,15,16). The lowest BCUT2D eigenvalue weighted by Gasteiger charge is -2.13. The molecule has 1 amide bonds. The third-order valence-corrected chi connectivity index (χ3v) is 2.60. The van der Waals surface area contributed by atoms with Gasteiger partial charge in [0.05, 0.1) is 6.61 Å². The average Bonchev–Trinajstić information content (AvgIpc) is 2.29. The summed E-state index contributed by atoms with van der Waals surface area (Å²) in [7, 11) is 1.57. The van der Waals surface area contributed by atoms with Crippen LogP contribution < -0.4 is 4.74 Å². The molecular formula is C13H19NO3. The molecule has 0 fully saturated rings. The molecule has 0 unspecified atom stereocenters. The summed E-state index contributed by atoms with van der Waals surface area (Å²) in [5.74, 6) is 0.892. The highest BCUT2D eigenvalue weighted by Gasteiger charge is 2.06. The van der Waals surface area contributed by atoms with Crippen LogP contribution in [-0.2, 0) is 6.42 Å². The maximum absolute atomic E-state index is 10.6. The van der Waals surface area contributed by atoms with Crippen LogP contribution in [0.15, 0.2) is 18.2 Å². The van der Waals surface area contributed by atoms with Gasteiger partial charge in [0.2, 0.25) is 0 Å². The van der Waals surface area contributed by atoms with Gasteiger partial charge in [-0.15, -0.1) is 0 Å². The van der Waals surface area contributed by atoms with Crippen molar-refractivity contribution in [3.63, 3.8) is 0 Å². The van der Waals surface area contributed by atoms with Crippen LogP contribution in [0.2, 0.25) is 0 Å². The van der Waals surface area contributed by atoms with Crippen LogP contribution in [-0.4, -0.2) is 36.3 Å². The van der Waals surface area contributed by atoms with Gasteiger partial charge in [-0.25, -0.2) is 4.79 Å². The van der Waals surface area contributed by atoms with Gasteiger partial charge in [0.25, 0.3) is 0 Å². The van der Waals surface area contributed by atoms with Crippen molar-refractivity contribution >= 4 is 6.09 Å². The van der Waals surface area contributed by atoms with E-state index in [2.05, 4.69) is 0 Å². The summed E-state index contributed by atoms with van der Waals surface area (Å²) in [4.78, 5) is 11.9. The van der Waals surface area contributed by atoms with Crippen LogP contribution in [0, 0.1) is 6.92 Å². The molecule has 1 aromatic carbocycles. The lowest BCUT2D eigenvalue weighted by atomic mass is 10.1. The molecule has 4 heteroatoms. The Bertz CT molecular complexity index is 390.